The smallest absolute Gasteiger partial charge is 0.0317 e. The normalized spacial score (nSPS) is 10.7. The van der Waals surface area contributed by atoms with E-state index in [1.165, 1.54) is 0 Å². The Kier molecular flexibility index (Phi) is 2.26. The van der Waals surface area contributed by atoms with Crippen molar-refractivity contribution >= 4 is 11.9 Å². The van der Waals surface area contributed by atoms with Crippen molar-refractivity contribution in [1.29, 1.82) is 0 Å². The molecule has 0 aliphatic heterocycles. The average Bonchev–Trinajstić information content (AvgIpc) is 1.95. The summed E-state index contributed by atoms with van der Waals surface area (Å²) in [6.07, 6.45) is 1.83. The first kappa shape index (κ1) is 7.79. The molecule has 0 atom stereocenters. The van der Waals surface area contributed by atoms with Gasteiger partial charge in [-0.1, -0.05) is 6.07 Å². The fourth-order valence-electron chi connectivity index (χ4n) is 0.983. The van der Waals surface area contributed by atoms with Gasteiger partial charge in [-0.3, -0.25) is 4.99 Å². The van der Waals surface area contributed by atoms with Crippen molar-refractivity contribution in [2.45, 2.75) is 6.92 Å². The van der Waals surface area contributed by atoms with Crippen LogP contribution < -0.4 is 5.73 Å². The van der Waals surface area contributed by atoms with Crippen LogP contribution in [0.25, 0.3) is 0 Å². The van der Waals surface area contributed by atoms with Crippen LogP contribution in [0.4, 0.5) is 5.69 Å². The van der Waals surface area contributed by atoms with Gasteiger partial charge in [-0.15, -0.1) is 0 Å². The lowest BCUT2D eigenvalue weighted by molar-refractivity contribution is 1.41. The topological polar surface area (TPSA) is 38.4 Å². The Morgan fingerprint density at radius 1 is 1.45 bits per heavy atom. The molecule has 0 unspecified atom stereocenters. The van der Waals surface area contributed by atoms with E-state index in [0.29, 0.717) is 0 Å². The molecule has 1 aromatic carbocycles. The number of aryl methyl sites for hydroxylation is 1. The molecule has 0 aliphatic carbocycles. The van der Waals surface area contributed by atoms with Crippen molar-refractivity contribution in [1.82, 2.24) is 0 Å². The molecule has 0 spiro atoms. The highest BCUT2D eigenvalue weighted by Gasteiger charge is 1.93. The SMILES string of the molecule is C/N=C\c1ccc(N)cc1C. The molecule has 0 heterocycles. The van der Waals surface area contributed by atoms with Crippen molar-refractivity contribution in [2.24, 2.45) is 4.99 Å². The third kappa shape index (κ3) is 1.80. The number of nitrogens with two attached hydrogens (primary N) is 1. The third-order valence-corrected chi connectivity index (χ3v) is 1.56. The Bertz CT molecular complexity index is 277. The minimum absolute atomic E-state index is 0.802. The first-order valence-corrected chi connectivity index (χ1v) is 3.52. The van der Waals surface area contributed by atoms with Crippen LogP contribution in [0.1, 0.15) is 11.1 Å². The molecule has 0 saturated carbocycles. The van der Waals surface area contributed by atoms with Gasteiger partial charge in [0.1, 0.15) is 0 Å². The number of anilines is 1. The second-order valence-corrected chi connectivity index (χ2v) is 2.50. The van der Waals surface area contributed by atoms with Gasteiger partial charge in [0.25, 0.3) is 0 Å². The van der Waals surface area contributed by atoms with Crippen LogP contribution in [0.5, 0.6) is 0 Å². The highest BCUT2D eigenvalue weighted by Crippen LogP contribution is 2.09. The van der Waals surface area contributed by atoms with Gasteiger partial charge in [-0.05, 0) is 30.2 Å². The van der Waals surface area contributed by atoms with E-state index in [1.54, 1.807) is 7.05 Å². The summed E-state index contributed by atoms with van der Waals surface area (Å²) in [5.41, 5.74) is 8.67. The summed E-state index contributed by atoms with van der Waals surface area (Å²) in [6, 6.07) is 5.79. The van der Waals surface area contributed by atoms with Crippen LogP contribution in [0.2, 0.25) is 0 Å². The maximum absolute atomic E-state index is 5.58. The van der Waals surface area contributed by atoms with Gasteiger partial charge in [0, 0.05) is 18.9 Å². The minimum Gasteiger partial charge on any atom is -0.399 e. The Labute approximate surface area is 66.8 Å². The maximum Gasteiger partial charge on any atom is 0.0317 e. The van der Waals surface area contributed by atoms with Crippen LogP contribution in [0.3, 0.4) is 0 Å². The Hall–Kier alpha value is -1.31. The number of nitrogens with zero attached hydrogens (tertiary/aromatic N) is 1. The fourth-order valence-corrected chi connectivity index (χ4v) is 0.983. The molecule has 2 heteroatoms. The van der Waals surface area contributed by atoms with Gasteiger partial charge in [0.05, 0.1) is 0 Å². The molecular weight excluding hydrogens is 136 g/mol. The maximum atomic E-state index is 5.58. The van der Waals surface area contributed by atoms with E-state index in [0.717, 1.165) is 16.8 Å². The van der Waals surface area contributed by atoms with Gasteiger partial charge in [-0.25, -0.2) is 0 Å². The second-order valence-electron chi connectivity index (χ2n) is 2.50. The zero-order valence-corrected chi connectivity index (χ0v) is 6.83. The lowest BCUT2D eigenvalue weighted by atomic mass is 10.1. The van der Waals surface area contributed by atoms with Gasteiger partial charge in [0.15, 0.2) is 0 Å². The summed E-state index contributed by atoms with van der Waals surface area (Å²) in [7, 11) is 1.76. The molecule has 0 aliphatic rings. The minimum atomic E-state index is 0.802. The average molecular weight is 148 g/mol. The van der Waals surface area contributed by atoms with Crippen molar-refractivity contribution in [3.63, 3.8) is 0 Å². The molecule has 2 nitrogen and oxygen atoms in total. The molecule has 0 amide bonds. The van der Waals surface area contributed by atoms with Crippen LogP contribution in [0, 0.1) is 6.92 Å². The van der Waals surface area contributed by atoms with Crippen molar-refractivity contribution < 1.29 is 0 Å². The first-order chi connectivity index (χ1) is 5.24. The van der Waals surface area contributed by atoms with Gasteiger partial charge in [-0.2, -0.15) is 0 Å². The van der Waals surface area contributed by atoms with Crippen LogP contribution >= 0.6 is 0 Å². The molecule has 1 rings (SSSR count). The zero-order chi connectivity index (χ0) is 8.27. The van der Waals surface area contributed by atoms with Gasteiger partial charge in [0.2, 0.25) is 0 Å². The molecule has 0 radical (unpaired) electrons. The molecule has 0 aromatic heterocycles. The highest BCUT2D eigenvalue weighted by molar-refractivity contribution is 5.82. The molecule has 1 aromatic rings. The van der Waals surface area contributed by atoms with Crippen LogP contribution in [-0.4, -0.2) is 13.3 Å². The van der Waals surface area contributed by atoms with Crippen molar-refractivity contribution in [3.05, 3.63) is 29.3 Å². The molecule has 11 heavy (non-hydrogen) atoms. The molecule has 0 fully saturated rings. The first-order valence-electron chi connectivity index (χ1n) is 3.52. The Balaban J connectivity index is 3.09. The molecular formula is C9H12N2. The van der Waals surface area contributed by atoms with Gasteiger partial charge < -0.3 is 5.73 Å². The molecule has 2 N–H and O–H groups in total. The van der Waals surface area contributed by atoms with E-state index in [4.69, 9.17) is 5.73 Å². The van der Waals surface area contributed by atoms with Crippen LogP contribution in [-0.2, 0) is 0 Å². The number of benzene rings is 1. The standard InChI is InChI=1S/C9H12N2/c1-7-5-9(10)4-3-8(7)6-11-2/h3-6H,10H2,1-2H3/b11-6-. The fraction of sp³-hybridized carbons (Fsp3) is 0.222. The number of aliphatic imine (C=N–C) groups is 1. The van der Waals surface area contributed by atoms with E-state index in [1.807, 2.05) is 31.3 Å². The van der Waals surface area contributed by atoms with E-state index < -0.39 is 0 Å². The van der Waals surface area contributed by atoms with Crippen molar-refractivity contribution in [2.75, 3.05) is 12.8 Å². The van der Waals surface area contributed by atoms with E-state index in [-0.39, 0.29) is 0 Å². The molecule has 0 saturated heterocycles. The Morgan fingerprint density at radius 3 is 2.73 bits per heavy atom. The molecule has 58 valence electrons. The molecule has 0 bridgehead atoms. The Morgan fingerprint density at radius 2 is 2.18 bits per heavy atom. The number of hydrogen-bond donors (Lipinski definition) is 1. The van der Waals surface area contributed by atoms with E-state index >= 15 is 0 Å². The van der Waals surface area contributed by atoms with E-state index in [9.17, 15) is 0 Å². The summed E-state index contributed by atoms with van der Waals surface area (Å²) in [4.78, 5) is 3.93. The predicted molar refractivity (Wildman–Crippen MR) is 49.1 cm³/mol. The zero-order valence-electron chi connectivity index (χ0n) is 6.83. The quantitative estimate of drug-likeness (QED) is 0.477. The number of nitrogen functional groups attached to an aromatic ring is 1. The monoisotopic (exact) mass is 148 g/mol. The lowest BCUT2D eigenvalue weighted by Crippen LogP contribution is -1.90. The third-order valence-electron chi connectivity index (χ3n) is 1.56. The van der Waals surface area contributed by atoms with Gasteiger partial charge >= 0.3 is 0 Å². The largest absolute Gasteiger partial charge is 0.399 e. The summed E-state index contributed by atoms with van der Waals surface area (Å²) in [5.74, 6) is 0. The van der Waals surface area contributed by atoms with Crippen LogP contribution in [0.15, 0.2) is 23.2 Å². The summed E-state index contributed by atoms with van der Waals surface area (Å²) in [6.45, 7) is 2.02. The summed E-state index contributed by atoms with van der Waals surface area (Å²) < 4.78 is 0. The van der Waals surface area contributed by atoms with Crippen molar-refractivity contribution in [3.8, 4) is 0 Å². The summed E-state index contributed by atoms with van der Waals surface area (Å²) >= 11 is 0. The lowest BCUT2D eigenvalue weighted by Gasteiger charge is -1.99. The highest BCUT2D eigenvalue weighted by atomic mass is 14.6. The number of rotatable bonds is 1. The second kappa shape index (κ2) is 3.19. The van der Waals surface area contributed by atoms with E-state index in [2.05, 4.69) is 4.99 Å². The summed E-state index contributed by atoms with van der Waals surface area (Å²) in [5, 5.41) is 0. The number of hydrogen-bond acceptors (Lipinski definition) is 2. The predicted octanol–water partition coefficient (Wildman–Crippen LogP) is 1.63.